The number of aromatic nitrogens is 4. The summed E-state index contributed by atoms with van der Waals surface area (Å²) in [5, 5.41) is 0.168. The summed E-state index contributed by atoms with van der Waals surface area (Å²) in [4.78, 5) is 32.1. The van der Waals surface area contributed by atoms with E-state index in [0.29, 0.717) is 30.1 Å². The Bertz CT molecular complexity index is 787. The van der Waals surface area contributed by atoms with Crippen molar-refractivity contribution in [3.63, 3.8) is 0 Å². The zero-order chi connectivity index (χ0) is 18.4. The molecule has 0 aliphatic carbocycles. The largest absolute Gasteiger partial charge is 0.444 e. The van der Waals surface area contributed by atoms with Gasteiger partial charge in [0.25, 0.3) is 0 Å². The molecule has 3 rings (SSSR count). The molecule has 0 unspecified atom stereocenters. The van der Waals surface area contributed by atoms with Crippen molar-refractivity contribution in [1.82, 2.24) is 24.8 Å². The van der Waals surface area contributed by atoms with Crippen LogP contribution in [0.3, 0.4) is 0 Å². The second kappa shape index (κ2) is 6.33. The van der Waals surface area contributed by atoms with Crippen LogP contribution in [0.1, 0.15) is 34.6 Å². The van der Waals surface area contributed by atoms with Gasteiger partial charge in [-0.2, -0.15) is 9.97 Å². The van der Waals surface area contributed by atoms with Crippen LogP contribution in [0.15, 0.2) is 6.33 Å². The molecule has 9 heteroatoms. The molecule has 25 heavy (non-hydrogen) atoms. The third-order valence-corrected chi connectivity index (χ3v) is 4.29. The Hall–Kier alpha value is -2.09. The fraction of sp³-hybridized carbons (Fsp3) is 0.625. The maximum atomic E-state index is 12.5. The first-order valence-electron chi connectivity index (χ1n) is 8.28. The van der Waals surface area contributed by atoms with Crippen LogP contribution in [0.25, 0.3) is 11.2 Å². The van der Waals surface area contributed by atoms with Crippen LogP contribution in [0, 0.1) is 0 Å². The molecule has 2 atom stereocenters. The number of H-pyrrole nitrogens is 1. The van der Waals surface area contributed by atoms with Crippen LogP contribution < -0.4 is 4.90 Å². The Morgan fingerprint density at radius 3 is 2.68 bits per heavy atom. The number of hydrogen-bond donors (Lipinski definition) is 1. The van der Waals surface area contributed by atoms with Gasteiger partial charge in [0.2, 0.25) is 5.28 Å². The van der Waals surface area contributed by atoms with Crippen LogP contribution >= 0.6 is 11.6 Å². The lowest BCUT2D eigenvalue weighted by Gasteiger charge is -2.44. The number of anilines is 1. The van der Waals surface area contributed by atoms with Crippen molar-refractivity contribution in [3.8, 4) is 0 Å². The molecule has 1 N–H and O–H groups in total. The lowest BCUT2D eigenvalue weighted by Crippen LogP contribution is -2.59. The standard InChI is InChI=1S/C16H23ClN6O2/c1-9-7-23(15(24)25-16(3,4)5)10(2)6-22(9)13-11-12(19-8-18-11)20-14(17)21-13/h8-10H,6-7H2,1-5H3,(H,18,19,20,21)/t9-,10+/m0/s1. The number of nitrogens with one attached hydrogen (secondary N) is 1. The van der Waals surface area contributed by atoms with Gasteiger partial charge in [-0.15, -0.1) is 0 Å². The van der Waals surface area contributed by atoms with Crippen molar-refractivity contribution in [2.75, 3.05) is 18.0 Å². The predicted molar refractivity (Wildman–Crippen MR) is 95.9 cm³/mol. The predicted octanol–water partition coefficient (Wildman–Crippen LogP) is 2.84. The first kappa shape index (κ1) is 17.7. The number of carbonyl (C=O) groups excluding carboxylic acids is 1. The second-order valence-electron chi connectivity index (χ2n) is 7.40. The molecule has 0 bridgehead atoms. The molecule has 2 aromatic heterocycles. The van der Waals surface area contributed by atoms with Crippen LogP contribution in [-0.2, 0) is 4.74 Å². The van der Waals surface area contributed by atoms with Crippen molar-refractivity contribution in [2.45, 2.75) is 52.3 Å². The molecule has 0 aromatic carbocycles. The highest BCUT2D eigenvalue weighted by atomic mass is 35.5. The number of carbonyl (C=O) groups is 1. The molecule has 1 fully saturated rings. The monoisotopic (exact) mass is 366 g/mol. The third-order valence-electron chi connectivity index (χ3n) is 4.12. The number of hydrogen-bond acceptors (Lipinski definition) is 6. The number of nitrogens with zero attached hydrogens (tertiary/aromatic N) is 5. The highest BCUT2D eigenvalue weighted by molar-refractivity contribution is 6.28. The number of amides is 1. The minimum Gasteiger partial charge on any atom is -0.444 e. The van der Waals surface area contributed by atoms with E-state index >= 15 is 0 Å². The van der Waals surface area contributed by atoms with Gasteiger partial charge in [0, 0.05) is 25.2 Å². The maximum Gasteiger partial charge on any atom is 0.410 e. The SMILES string of the molecule is C[C@@H]1CN(c2nc(Cl)nc3[nH]cnc23)[C@@H](C)CN1C(=O)OC(C)(C)C. The number of piperazine rings is 1. The molecule has 1 amide bonds. The van der Waals surface area contributed by atoms with E-state index in [1.807, 2.05) is 34.6 Å². The molecule has 1 aliphatic rings. The molecule has 1 aliphatic heterocycles. The number of halogens is 1. The van der Waals surface area contributed by atoms with Crippen LogP contribution in [-0.4, -0.2) is 61.7 Å². The van der Waals surface area contributed by atoms with Gasteiger partial charge in [-0.25, -0.2) is 9.78 Å². The summed E-state index contributed by atoms with van der Waals surface area (Å²) >= 11 is 6.05. The third kappa shape index (κ3) is 3.63. The fourth-order valence-electron chi connectivity index (χ4n) is 2.99. The second-order valence-corrected chi connectivity index (χ2v) is 7.74. The van der Waals surface area contributed by atoms with E-state index < -0.39 is 5.60 Å². The van der Waals surface area contributed by atoms with E-state index in [0.717, 1.165) is 0 Å². The van der Waals surface area contributed by atoms with Gasteiger partial charge in [0.1, 0.15) is 5.60 Å². The van der Waals surface area contributed by atoms with Crippen LogP contribution in [0.4, 0.5) is 10.6 Å². The average molecular weight is 367 g/mol. The van der Waals surface area contributed by atoms with Gasteiger partial charge < -0.3 is 19.5 Å². The molecular weight excluding hydrogens is 344 g/mol. The Balaban J connectivity index is 1.85. The average Bonchev–Trinajstić information content (AvgIpc) is 2.94. The molecule has 136 valence electrons. The Morgan fingerprint density at radius 1 is 1.28 bits per heavy atom. The van der Waals surface area contributed by atoms with E-state index in [9.17, 15) is 4.79 Å². The summed E-state index contributed by atoms with van der Waals surface area (Å²) < 4.78 is 5.52. The quantitative estimate of drug-likeness (QED) is 0.781. The summed E-state index contributed by atoms with van der Waals surface area (Å²) in [5.41, 5.74) is 0.761. The first-order valence-corrected chi connectivity index (χ1v) is 8.66. The van der Waals surface area contributed by atoms with Crippen LogP contribution in [0.2, 0.25) is 5.28 Å². The minimum atomic E-state index is -0.515. The van der Waals surface area contributed by atoms with Gasteiger partial charge in [-0.05, 0) is 46.2 Å². The highest BCUT2D eigenvalue weighted by Crippen LogP contribution is 2.28. The maximum absolute atomic E-state index is 12.5. The van der Waals surface area contributed by atoms with Crippen molar-refractivity contribution < 1.29 is 9.53 Å². The molecule has 0 radical (unpaired) electrons. The van der Waals surface area contributed by atoms with Gasteiger partial charge in [0.05, 0.1) is 6.33 Å². The number of fused-ring (bicyclic) bond motifs is 1. The van der Waals surface area contributed by atoms with Gasteiger partial charge in [-0.1, -0.05) is 0 Å². The molecular formula is C16H23ClN6O2. The summed E-state index contributed by atoms with van der Waals surface area (Å²) in [7, 11) is 0. The van der Waals surface area contributed by atoms with Crippen molar-refractivity contribution in [2.24, 2.45) is 0 Å². The van der Waals surface area contributed by atoms with E-state index in [1.165, 1.54) is 0 Å². The van der Waals surface area contributed by atoms with E-state index in [-0.39, 0.29) is 23.5 Å². The van der Waals surface area contributed by atoms with Gasteiger partial charge in [0.15, 0.2) is 17.0 Å². The summed E-state index contributed by atoms with van der Waals surface area (Å²) in [5.74, 6) is 0.680. The van der Waals surface area contributed by atoms with E-state index in [1.54, 1.807) is 11.2 Å². The number of rotatable bonds is 1. The van der Waals surface area contributed by atoms with Crippen molar-refractivity contribution in [1.29, 1.82) is 0 Å². The smallest absolute Gasteiger partial charge is 0.410 e. The molecule has 8 nitrogen and oxygen atoms in total. The topological polar surface area (TPSA) is 87.2 Å². The normalized spacial score (nSPS) is 21.7. The zero-order valence-corrected chi connectivity index (χ0v) is 15.8. The van der Waals surface area contributed by atoms with Gasteiger partial charge >= 0.3 is 6.09 Å². The zero-order valence-electron chi connectivity index (χ0n) is 15.1. The number of imidazole rings is 1. The Morgan fingerprint density at radius 2 is 2.00 bits per heavy atom. The van der Waals surface area contributed by atoms with Crippen molar-refractivity contribution in [3.05, 3.63) is 11.6 Å². The summed E-state index contributed by atoms with van der Waals surface area (Å²) in [6, 6.07) is 0.00312. The summed E-state index contributed by atoms with van der Waals surface area (Å²) in [6.07, 6.45) is 1.28. The number of ether oxygens (including phenoxy) is 1. The lowest BCUT2D eigenvalue weighted by atomic mass is 10.1. The fourth-order valence-corrected chi connectivity index (χ4v) is 3.16. The summed E-state index contributed by atoms with van der Waals surface area (Å²) in [6.45, 7) is 10.8. The molecule has 1 saturated heterocycles. The van der Waals surface area contributed by atoms with Crippen LogP contribution in [0.5, 0.6) is 0 Å². The van der Waals surface area contributed by atoms with Crippen molar-refractivity contribution >= 4 is 34.7 Å². The Kier molecular flexibility index (Phi) is 4.49. The highest BCUT2D eigenvalue weighted by Gasteiger charge is 2.36. The molecule has 0 spiro atoms. The molecule has 0 saturated carbocycles. The van der Waals surface area contributed by atoms with Gasteiger partial charge in [-0.3, -0.25) is 0 Å². The first-order chi connectivity index (χ1) is 11.7. The molecule has 3 heterocycles. The van der Waals surface area contributed by atoms with E-state index in [2.05, 4.69) is 24.8 Å². The minimum absolute atomic E-state index is 0.0335. The lowest BCUT2D eigenvalue weighted by molar-refractivity contribution is 0.0130. The number of aromatic amines is 1. The molecule has 2 aromatic rings. The van der Waals surface area contributed by atoms with E-state index in [4.69, 9.17) is 16.3 Å². The Labute approximate surface area is 151 Å².